The molecule has 0 aromatic heterocycles. The van der Waals surface area contributed by atoms with Crippen LogP contribution >= 0.6 is 23.2 Å². The van der Waals surface area contributed by atoms with E-state index in [2.05, 4.69) is 10.5 Å². The molecule has 0 unspecified atom stereocenters. The molecule has 33 heavy (non-hydrogen) atoms. The van der Waals surface area contributed by atoms with Gasteiger partial charge in [-0.3, -0.25) is 14.9 Å². The number of carbonyl (C=O) groups excluding carboxylic acids is 1. The molecule has 0 radical (unpaired) electrons. The monoisotopic (exact) mass is 491 g/mol. The number of hydrazone groups is 1. The van der Waals surface area contributed by atoms with E-state index in [9.17, 15) is 19.3 Å². The van der Waals surface area contributed by atoms with Crippen LogP contribution in [0.4, 0.5) is 10.1 Å². The lowest BCUT2D eigenvalue weighted by Gasteiger charge is -2.09. The van der Waals surface area contributed by atoms with Crippen molar-refractivity contribution < 1.29 is 23.6 Å². The fraction of sp³-hybridized carbons (Fsp3) is 0.0909. The number of rotatable bonds is 9. The molecule has 170 valence electrons. The Bertz CT molecular complexity index is 1210. The van der Waals surface area contributed by atoms with Gasteiger partial charge in [-0.25, -0.2) is 9.82 Å². The summed E-state index contributed by atoms with van der Waals surface area (Å²) in [5.41, 5.74) is 2.87. The van der Waals surface area contributed by atoms with E-state index < -0.39 is 16.6 Å². The minimum absolute atomic E-state index is 0.0263. The fourth-order valence-corrected chi connectivity index (χ4v) is 3.07. The molecule has 1 amide bonds. The number of nitro groups is 1. The third kappa shape index (κ3) is 7.16. The van der Waals surface area contributed by atoms with Crippen molar-refractivity contribution in [3.63, 3.8) is 0 Å². The van der Waals surface area contributed by atoms with Crippen LogP contribution in [0.3, 0.4) is 0 Å². The molecule has 0 bridgehead atoms. The number of hydrogen-bond donors (Lipinski definition) is 1. The van der Waals surface area contributed by atoms with Crippen molar-refractivity contribution in [1.82, 2.24) is 5.43 Å². The van der Waals surface area contributed by atoms with Crippen molar-refractivity contribution in [1.29, 1.82) is 0 Å². The number of nitrogens with zero attached hydrogens (tertiary/aromatic N) is 2. The van der Waals surface area contributed by atoms with Gasteiger partial charge in [-0.05, 0) is 42.0 Å². The lowest BCUT2D eigenvalue weighted by Crippen LogP contribution is -2.24. The third-order valence-electron chi connectivity index (χ3n) is 4.13. The average molecular weight is 492 g/mol. The number of nitrogens with one attached hydrogen (secondary N) is 1. The minimum Gasteiger partial charge on any atom is -0.488 e. The van der Waals surface area contributed by atoms with Crippen molar-refractivity contribution in [2.45, 2.75) is 6.61 Å². The molecule has 0 atom stereocenters. The van der Waals surface area contributed by atoms with Crippen LogP contribution in [0.2, 0.25) is 10.0 Å². The Morgan fingerprint density at radius 1 is 1.09 bits per heavy atom. The Kier molecular flexibility index (Phi) is 8.17. The van der Waals surface area contributed by atoms with Gasteiger partial charge in [0.2, 0.25) is 0 Å². The van der Waals surface area contributed by atoms with Gasteiger partial charge in [0.15, 0.2) is 6.61 Å². The highest BCUT2D eigenvalue weighted by molar-refractivity contribution is 6.35. The van der Waals surface area contributed by atoms with Gasteiger partial charge in [0.25, 0.3) is 11.6 Å². The molecule has 0 saturated heterocycles. The van der Waals surface area contributed by atoms with Crippen LogP contribution in [-0.2, 0) is 11.4 Å². The van der Waals surface area contributed by atoms with Gasteiger partial charge in [-0.1, -0.05) is 35.3 Å². The lowest BCUT2D eigenvalue weighted by atomic mass is 10.2. The second kappa shape index (κ2) is 11.3. The summed E-state index contributed by atoms with van der Waals surface area (Å²) in [5, 5.41) is 15.6. The van der Waals surface area contributed by atoms with E-state index in [-0.39, 0.29) is 41.0 Å². The second-order valence-corrected chi connectivity index (χ2v) is 7.40. The zero-order valence-corrected chi connectivity index (χ0v) is 18.3. The van der Waals surface area contributed by atoms with Crippen LogP contribution in [0.1, 0.15) is 11.1 Å². The molecule has 3 aromatic carbocycles. The SMILES string of the molecule is O=C(COc1ccc(Cl)cc1Cl)N/N=C/c1cc([N+](=O)[O-])ccc1OCc1cccc(F)c1. The summed E-state index contributed by atoms with van der Waals surface area (Å²) in [6.45, 7) is -0.352. The molecule has 0 aliphatic carbocycles. The van der Waals surface area contributed by atoms with Gasteiger partial charge >= 0.3 is 0 Å². The predicted molar refractivity (Wildman–Crippen MR) is 122 cm³/mol. The van der Waals surface area contributed by atoms with E-state index in [1.54, 1.807) is 18.2 Å². The van der Waals surface area contributed by atoms with Crippen LogP contribution in [-0.4, -0.2) is 23.7 Å². The number of nitro benzene ring substituents is 1. The molecule has 0 saturated carbocycles. The Hall–Kier alpha value is -3.69. The number of halogens is 3. The molecule has 0 fully saturated rings. The smallest absolute Gasteiger partial charge is 0.277 e. The largest absolute Gasteiger partial charge is 0.488 e. The highest BCUT2D eigenvalue weighted by Crippen LogP contribution is 2.27. The van der Waals surface area contributed by atoms with E-state index in [1.165, 1.54) is 48.7 Å². The van der Waals surface area contributed by atoms with Gasteiger partial charge < -0.3 is 9.47 Å². The van der Waals surface area contributed by atoms with Crippen molar-refractivity contribution in [2.24, 2.45) is 5.10 Å². The van der Waals surface area contributed by atoms with Crippen molar-refractivity contribution in [3.8, 4) is 11.5 Å². The molecule has 0 aliphatic rings. The maximum Gasteiger partial charge on any atom is 0.277 e. The second-order valence-electron chi connectivity index (χ2n) is 6.55. The predicted octanol–water partition coefficient (Wildman–Crippen LogP) is 5.15. The molecule has 3 aromatic rings. The van der Waals surface area contributed by atoms with Crippen LogP contribution in [0.25, 0.3) is 0 Å². The molecule has 0 heterocycles. The number of benzene rings is 3. The number of non-ortho nitro benzene ring substituents is 1. The summed E-state index contributed by atoms with van der Waals surface area (Å²) in [4.78, 5) is 22.5. The standard InChI is InChI=1S/C22H16Cl2FN3O5/c23-16-4-6-21(19(24)10-16)33-13-22(29)27-26-11-15-9-18(28(30)31)5-7-20(15)32-12-14-2-1-3-17(25)8-14/h1-11H,12-13H2,(H,27,29)/b26-11+. The Morgan fingerprint density at radius 2 is 1.88 bits per heavy atom. The zero-order valence-electron chi connectivity index (χ0n) is 16.8. The van der Waals surface area contributed by atoms with Crippen LogP contribution in [0.15, 0.2) is 65.8 Å². The van der Waals surface area contributed by atoms with E-state index in [4.69, 9.17) is 32.7 Å². The molecule has 3 rings (SSSR count). The Morgan fingerprint density at radius 3 is 2.61 bits per heavy atom. The number of carbonyl (C=O) groups is 1. The summed E-state index contributed by atoms with van der Waals surface area (Å²) in [7, 11) is 0. The zero-order chi connectivity index (χ0) is 23.8. The van der Waals surface area contributed by atoms with Gasteiger partial charge in [0, 0.05) is 22.7 Å². The maximum atomic E-state index is 13.4. The summed E-state index contributed by atoms with van der Waals surface area (Å²) in [5.74, 6) is -0.477. The molecule has 0 aliphatic heterocycles. The summed E-state index contributed by atoms with van der Waals surface area (Å²) in [6.07, 6.45) is 1.20. The first-order valence-electron chi connectivity index (χ1n) is 9.37. The van der Waals surface area contributed by atoms with Gasteiger partial charge in [0.05, 0.1) is 16.2 Å². The topological polar surface area (TPSA) is 103 Å². The van der Waals surface area contributed by atoms with E-state index in [0.717, 1.165) is 0 Å². The quantitative estimate of drug-likeness (QED) is 0.253. The Balaban J connectivity index is 1.65. The van der Waals surface area contributed by atoms with E-state index in [0.29, 0.717) is 10.6 Å². The molecular weight excluding hydrogens is 476 g/mol. The van der Waals surface area contributed by atoms with Gasteiger partial charge in [-0.15, -0.1) is 0 Å². The average Bonchev–Trinajstić information content (AvgIpc) is 2.77. The van der Waals surface area contributed by atoms with Crippen molar-refractivity contribution >= 4 is 41.0 Å². The first-order valence-corrected chi connectivity index (χ1v) is 10.1. The molecular formula is C22H16Cl2FN3O5. The highest BCUT2D eigenvalue weighted by Gasteiger charge is 2.12. The van der Waals surface area contributed by atoms with Gasteiger partial charge in [-0.2, -0.15) is 5.10 Å². The van der Waals surface area contributed by atoms with Crippen molar-refractivity contribution in [3.05, 3.63) is 97.8 Å². The van der Waals surface area contributed by atoms with Gasteiger partial charge in [0.1, 0.15) is 23.9 Å². The lowest BCUT2D eigenvalue weighted by molar-refractivity contribution is -0.384. The minimum atomic E-state index is -0.593. The normalized spacial score (nSPS) is 10.8. The highest BCUT2D eigenvalue weighted by atomic mass is 35.5. The number of ether oxygens (including phenoxy) is 2. The summed E-state index contributed by atoms with van der Waals surface area (Å²) < 4.78 is 24.3. The molecule has 1 N–H and O–H groups in total. The molecule has 8 nitrogen and oxygen atoms in total. The third-order valence-corrected chi connectivity index (χ3v) is 4.66. The van der Waals surface area contributed by atoms with Crippen LogP contribution < -0.4 is 14.9 Å². The van der Waals surface area contributed by atoms with Crippen LogP contribution in [0.5, 0.6) is 11.5 Å². The molecule has 11 heteroatoms. The van der Waals surface area contributed by atoms with Crippen molar-refractivity contribution in [2.75, 3.05) is 6.61 Å². The molecule has 0 spiro atoms. The first kappa shape index (κ1) is 24.0. The van der Waals surface area contributed by atoms with E-state index >= 15 is 0 Å². The maximum absolute atomic E-state index is 13.4. The number of hydrogen-bond acceptors (Lipinski definition) is 6. The summed E-state index contributed by atoms with van der Waals surface area (Å²) in [6, 6.07) is 14.3. The van der Waals surface area contributed by atoms with Crippen LogP contribution in [0, 0.1) is 15.9 Å². The summed E-state index contributed by atoms with van der Waals surface area (Å²) >= 11 is 11.8. The number of amides is 1. The van der Waals surface area contributed by atoms with E-state index in [1.807, 2.05) is 0 Å². The fourth-order valence-electron chi connectivity index (χ4n) is 2.61. The Labute approximate surface area is 197 Å². The first-order chi connectivity index (χ1) is 15.8.